The van der Waals surface area contributed by atoms with E-state index in [9.17, 15) is 0 Å². The van der Waals surface area contributed by atoms with Crippen molar-refractivity contribution in [3.05, 3.63) is 66.0 Å². The molecule has 0 radical (unpaired) electrons. The van der Waals surface area contributed by atoms with Crippen molar-refractivity contribution >= 4 is 0 Å². The summed E-state index contributed by atoms with van der Waals surface area (Å²) in [5.74, 6) is 0. The number of benzene rings is 1. The summed E-state index contributed by atoms with van der Waals surface area (Å²) in [6.45, 7) is 2.07. The number of hydrogen-bond donors (Lipinski definition) is 1. The summed E-state index contributed by atoms with van der Waals surface area (Å²) in [4.78, 5) is 4.34. The van der Waals surface area contributed by atoms with Gasteiger partial charge in [-0.2, -0.15) is 5.26 Å². The monoisotopic (exact) mass is 251 g/mol. The van der Waals surface area contributed by atoms with Crippen LogP contribution in [0.25, 0.3) is 0 Å². The number of hydrogen-bond acceptors (Lipinski definition) is 3. The minimum Gasteiger partial charge on any atom is -0.301 e. The number of aromatic nitrogens is 1. The van der Waals surface area contributed by atoms with Gasteiger partial charge in [0.25, 0.3) is 0 Å². The highest BCUT2D eigenvalue weighted by molar-refractivity contribution is 5.21. The lowest BCUT2D eigenvalue weighted by molar-refractivity contribution is 0.465. The lowest BCUT2D eigenvalue weighted by atomic mass is 10.0. The topological polar surface area (TPSA) is 48.7 Å². The van der Waals surface area contributed by atoms with Gasteiger partial charge < -0.3 is 5.32 Å². The second kappa shape index (κ2) is 6.67. The van der Waals surface area contributed by atoms with E-state index in [1.165, 1.54) is 0 Å². The van der Waals surface area contributed by atoms with Crippen molar-refractivity contribution in [2.24, 2.45) is 0 Å². The zero-order chi connectivity index (χ0) is 13.5. The maximum Gasteiger partial charge on any atom is 0.0641 e. The summed E-state index contributed by atoms with van der Waals surface area (Å²) < 4.78 is 0. The molecule has 3 nitrogen and oxygen atoms in total. The van der Waals surface area contributed by atoms with Gasteiger partial charge in [0.05, 0.1) is 18.2 Å². The number of pyridine rings is 1. The Hall–Kier alpha value is -2.18. The molecule has 0 aliphatic carbocycles. The van der Waals surface area contributed by atoms with Gasteiger partial charge in [-0.1, -0.05) is 36.4 Å². The second-order valence-electron chi connectivity index (χ2n) is 4.47. The van der Waals surface area contributed by atoms with Gasteiger partial charge in [-0.05, 0) is 24.6 Å². The lowest BCUT2D eigenvalue weighted by Gasteiger charge is -2.21. The molecule has 19 heavy (non-hydrogen) atoms. The first-order valence-corrected chi connectivity index (χ1v) is 6.40. The van der Waals surface area contributed by atoms with E-state index in [1.54, 1.807) is 6.20 Å². The largest absolute Gasteiger partial charge is 0.301 e. The number of rotatable bonds is 5. The third kappa shape index (κ3) is 3.64. The Kier molecular flexibility index (Phi) is 4.66. The lowest BCUT2D eigenvalue weighted by Crippen LogP contribution is -2.25. The summed E-state index contributed by atoms with van der Waals surface area (Å²) in [7, 11) is 0. The number of nitrogens with zero attached hydrogens (tertiary/aromatic N) is 2. The summed E-state index contributed by atoms with van der Waals surface area (Å²) in [6, 6.07) is 18.3. The maximum absolute atomic E-state index is 8.98. The molecular formula is C16H17N3. The predicted octanol–water partition coefficient (Wildman–Crippen LogP) is 3.39. The quantitative estimate of drug-likeness (QED) is 0.886. The van der Waals surface area contributed by atoms with Gasteiger partial charge in [0.15, 0.2) is 0 Å². The van der Waals surface area contributed by atoms with Crippen LogP contribution in [0.4, 0.5) is 0 Å². The molecular weight excluding hydrogens is 234 g/mol. The molecule has 1 aromatic carbocycles. The average molecular weight is 251 g/mol. The molecule has 1 heterocycles. The Morgan fingerprint density at radius 3 is 2.53 bits per heavy atom. The molecule has 96 valence electrons. The summed E-state index contributed by atoms with van der Waals surface area (Å²) >= 11 is 0. The minimum atomic E-state index is 0.0307. The van der Waals surface area contributed by atoms with Crippen LogP contribution in [0.5, 0.6) is 0 Å². The fourth-order valence-electron chi connectivity index (χ4n) is 2.07. The zero-order valence-electron chi connectivity index (χ0n) is 11.0. The van der Waals surface area contributed by atoms with E-state index < -0.39 is 0 Å². The molecule has 0 saturated carbocycles. The Morgan fingerprint density at radius 1 is 1.16 bits per heavy atom. The highest BCUT2D eigenvalue weighted by Gasteiger charge is 2.15. The Bertz CT molecular complexity index is 531. The fourth-order valence-corrected chi connectivity index (χ4v) is 2.07. The van der Waals surface area contributed by atoms with E-state index in [0.29, 0.717) is 6.42 Å². The Balaban J connectivity index is 2.12. The summed E-state index contributed by atoms with van der Waals surface area (Å²) in [5.41, 5.74) is 2.12. The summed E-state index contributed by atoms with van der Waals surface area (Å²) in [5, 5.41) is 12.4. The van der Waals surface area contributed by atoms with Gasteiger partial charge in [0.2, 0.25) is 0 Å². The van der Waals surface area contributed by atoms with Crippen molar-refractivity contribution in [1.82, 2.24) is 10.3 Å². The van der Waals surface area contributed by atoms with Gasteiger partial charge in [0, 0.05) is 18.3 Å². The number of nitrogens with one attached hydrogen (secondary N) is 1. The van der Waals surface area contributed by atoms with E-state index in [0.717, 1.165) is 11.3 Å². The predicted molar refractivity (Wildman–Crippen MR) is 75.2 cm³/mol. The van der Waals surface area contributed by atoms with Crippen LogP contribution in [0.15, 0.2) is 54.7 Å². The van der Waals surface area contributed by atoms with E-state index in [1.807, 2.05) is 48.5 Å². The first-order valence-electron chi connectivity index (χ1n) is 6.40. The smallest absolute Gasteiger partial charge is 0.0641 e. The van der Waals surface area contributed by atoms with Gasteiger partial charge in [-0.25, -0.2) is 0 Å². The summed E-state index contributed by atoms with van der Waals surface area (Å²) in [6.07, 6.45) is 2.23. The normalized spacial score (nSPS) is 13.5. The zero-order valence-corrected chi connectivity index (χ0v) is 11.0. The van der Waals surface area contributed by atoms with Gasteiger partial charge in [-0.15, -0.1) is 0 Å². The minimum absolute atomic E-state index is 0.0307. The molecule has 1 aromatic heterocycles. The molecule has 0 bridgehead atoms. The van der Waals surface area contributed by atoms with E-state index in [-0.39, 0.29) is 12.1 Å². The molecule has 0 fully saturated rings. The third-order valence-electron chi connectivity index (χ3n) is 3.08. The molecule has 2 unspecified atom stereocenters. The van der Waals surface area contributed by atoms with Gasteiger partial charge in [-0.3, -0.25) is 4.98 Å². The van der Waals surface area contributed by atoms with Crippen LogP contribution in [-0.2, 0) is 0 Å². The van der Waals surface area contributed by atoms with Crippen LogP contribution in [0.1, 0.15) is 36.7 Å². The van der Waals surface area contributed by atoms with Crippen LogP contribution in [0.2, 0.25) is 0 Å². The van der Waals surface area contributed by atoms with E-state index in [2.05, 4.69) is 23.3 Å². The van der Waals surface area contributed by atoms with Crippen molar-refractivity contribution in [1.29, 1.82) is 5.26 Å². The molecule has 2 atom stereocenters. The van der Waals surface area contributed by atoms with Crippen molar-refractivity contribution < 1.29 is 0 Å². The van der Waals surface area contributed by atoms with Crippen LogP contribution in [0.3, 0.4) is 0 Å². The van der Waals surface area contributed by atoms with Crippen LogP contribution < -0.4 is 5.32 Å². The van der Waals surface area contributed by atoms with Crippen molar-refractivity contribution in [2.45, 2.75) is 25.4 Å². The SMILES string of the molecule is CC(NC(CC#N)c1ccccc1)c1ccccn1. The average Bonchev–Trinajstić information content (AvgIpc) is 2.48. The number of nitriles is 1. The highest BCUT2D eigenvalue weighted by atomic mass is 15.0. The Morgan fingerprint density at radius 2 is 1.89 bits per heavy atom. The molecule has 2 aromatic rings. The molecule has 0 aliphatic heterocycles. The van der Waals surface area contributed by atoms with Crippen molar-refractivity contribution in [3.63, 3.8) is 0 Å². The molecule has 3 heteroatoms. The maximum atomic E-state index is 8.98. The molecule has 0 spiro atoms. The second-order valence-corrected chi connectivity index (χ2v) is 4.47. The van der Waals surface area contributed by atoms with Crippen LogP contribution in [0, 0.1) is 11.3 Å². The molecule has 0 aliphatic rings. The van der Waals surface area contributed by atoms with E-state index in [4.69, 9.17) is 5.26 Å². The van der Waals surface area contributed by atoms with Gasteiger partial charge in [0.1, 0.15) is 0 Å². The van der Waals surface area contributed by atoms with Gasteiger partial charge >= 0.3 is 0 Å². The van der Waals surface area contributed by atoms with Crippen LogP contribution in [-0.4, -0.2) is 4.98 Å². The molecule has 1 N–H and O–H groups in total. The highest BCUT2D eigenvalue weighted by Crippen LogP contribution is 2.20. The molecule has 2 rings (SSSR count). The molecule has 0 amide bonds. The van der Waals surface area contributed by atoms with Crippen molar-refractivity contribution in [3.8, 4) is 6.07 Å². The standard InChI is InChI=1S/C16H17N3/c1-13(15-9-5-6-12-18-15)19-16(10-11-17)14-7-3-2-4-8-14/h2-9,12-13,16,19H,10H2,1H3. The molecule has 0 saturated heterocycles. The fraction of sp³-hybridized carbons (Fsp3) is 0.250. The van der Waals surface area contributed by atoms with Crippen LogP contribution >= 0.6 is 0 Å². The first kappa shape index (κ1) is 13.3. The van der Waals surface area contributed by atoms with Crippen molar-refractivity contribution in [2.75, 3.05) is 0 Å². The van der Waals surface area contributed by atoms with E-state index >= 15 is 0 Å². The third-order valence-corrected chi connectivity index (χ3v) is 3.08. The first-order chi connectivity index (χ1) is 9.31. The Labute approximate surface area is 113 Å².